The van der Waals surface area contributed by atoms with Gasteiger partial charge in [-0.2, -0.15) is 0 Å². The Kier molecular flexibility index (Phi) is 7.42. The summed E-state index contributed by atoms with van der Waals surface area (Å²) >= 11 is 0. The number of aromatic nitrogens is 2. The van der Waals surface area contributed by atoms with Crippen molar-refractivity contribution in [1.82, 2.24) is 20.2 Å². The minimum atomic E-state index is -0.0194. The molecule has 0 aromatic carbocycles. The minimum absolute atomic E-state index is 0. The maximum absolute atomic E-state index is 12.8. The molecule has 0 aliphatic carbocycles. The second kappa shape index (κ2) is 8.82. The Balaban J connectivity index is 0.00000132. The molecule has 5 nitrogen and oxygen atoms in total. The molecule has 0 spiro atoms. The SMILES string of the molecule is Cc1cccc(C(=O)N2CCNCC2c2cccnc2)n1.Cl.Cl. The monoisotopic (exact) mass is 354 g/mol. The van der Waals surface area contributed by atoms with Gasteiger partial charge in [0.05, 0.1) is 6.04 Å². The second-order valence-corrected chi connectivity index (χ2v) is 5.17. The zero-order chi connectivity index (χ0) is 14.7. The van der Waals surface area contributed by atoms with E-state index in [4.69, 9.17) is 0 Å². The van der Waals surface area contributed by atoms with Crippen LogP contribution in [0.15, 0.2) is 42.7 Å². The van der Waals surface area contributed by atoms with Crippen LogP contribution in [0.3, 0.4) is 0 Å². The quantitative estimate of drug-likeness (QED) is 0.899. The highest BCUT2D eigenvalue weighted by atomic mass is 35.5. The van der Waals surface area contributed by atoms with Gasteiger partial charge >= 0.3 is 0 Å². The summed E-state index contributed by atoms with van der Waals surface area (Å²) in [7, 11) is 0. The summed E-state index contributed by atoms with van der Waals surface area (Å²) in [5.74, 6) is -0.0194. The van der Waals surface area contributed by atoms with E-state index in [2.05, 4.69) is 15.3 Å². The van der Waals surface area contributed by atoms with Crippen molar-refractivity contribution < 1.29 is 4.79 Å². The standard InChI is InChI=1S/C16H18N4O.2ClH/c1-12-4-2-6-14(19-12)16(21)20-9-8-18-11-15(20)13-5-3-7-17-10-13;;/h2-7,10,15,18H,8-9,11H2,1H3;2*1H. The van der Waals surface area contributed by atoms with Crippen LogP contribution in [-0.4, -0.2) is 40.4 Å². The van der Waals surface area contributed by atoms with E-state index in [1.165, 1.54) is 0 Å². The molecule has 1 atom stereocenters. The first-order valence-corrected chi connectivity index (χ1v) is 7.11. The Bertz CT molecular complexity index is 639. The third kappa shape index (κ3) is 4.41. The second-order valence-electron chi connectivity index (χ2n) is 5.17. The molecule has 0 bridgehead atoms. The molecule has 0 saturated carbocycles. The van der Waals surface area contributed by atoms with Crippen LogP contribution >= 0.6 is 24.8 Å². The number of hydrogen-bond donors (Lipinski definition) is 1. The van der Waals surface area contributed by atoms with Crippen molar-refractivity contribution in [2.75, 3.05) is 19.6 Å². The molecule has 3 rings (SSSR count). The lowest BCUT2D eigenvalue weighted by atomic mass is 10.0. The smallest absolute Gasteiger partial charge is 0.273 e. The molecule has 2 aromatic rings. The summed E-state index contributed by atoms with van der Waals surface area (Å²) in [5.41, 5.74) is 2.41. The number of nitrogens with zero attached hydrogens (tertiary/aromatic N) is 3. The Hall–Kier alpha value is -1.69. The summed E-state index contributed by atoms with van der Waals surface area (Å²) in [4.78, 5) is 23.1. The molecule has 1 aliphatic rings. The van der Waals surface area contributed by atoms with Gasteiger partial charge in [0.15, 0.2) is 0 Å². The molecule has 7 heteroatoms. The first-order chi connectivity index (χ1) is 10.3. The molecule has 2 aromatic heterocycles. The number of piperazine rings is 1. The van der Waals surface area contributed by atoms with E-state index < -0.39 is 0 Å². The zero-order valence-electron chi connectivity index (χ0n) is 12.8. The van der Waals surface area contributed by atoms with Crippen LogP contribution in [0.25, 0.3) is 0 Å². The summed E-state index contributed by atoms with van der Waals surface area (Å²) in [6.45, 7) is 4.11. The van der Waals surface area contributed by atoms with Gasteiger partial charge in [-0.05, 0) is 30.7 Å². The van der Waals surface area contributed by atoms with Crippen LogP contribution in [0.2, 0.25) is 0 Å². The number of carbonyl (C=O) groups is 1. The predicted octanol–water partition coefficient (Wildman–Crippen LogP) is 2.42. The molecular weight excluding hydrogens is 335 g/mol. The molecule has 1 amide bonds. The molecule has 1 fully saturated rings. The number of hydrogen-bond acceptors (Lipinski definition) is 4. The van der Waals surface area contributed by atoms with Gasteiger partial charge in [-0.25, -0.2) is 4.98 Å². The highest BCUT2D eigenvalue weighted by molar-refractivity contribution is 5.92. The van der Waals surface area contributed by atoms with Gasteiger partial charge in [0.2, 0.25) is 0 Å². The van der Waals surface area contributed by atoms with Gasteiger partial charge in [-0.15, -0.1) is 24.8 Å². The van der Waals surface area contributed by atoms with E-state index in [1.807, 2.05) is 42.3 Å². The number of halogens is 2. The average molecular weight is 355 g/mol. The lowest BCUT2D eigenvalue weighted by Gasteiger charge is -2.36. The van der Waals surface area contributed by atoms with Crippen LogP contribution in [0.5, 0.6) is 0 Å². The normalized spacial score (nSPS) is 16.9. The Labute approximate surface area is 148 Å². The van der Waals surface area contributed by atoms with E-state index in [9.17, 15) is 4.79 Å². The van der Waals surface area contributed by atoms with Gasteiger partial charge in [0.1, 0.15) is 5.69 Å². The molecular formula is C16H20Cl2N4O. The fraction of sp³-hybridized carbons (Fsp3) is 0.312. The van der Waals surface area contributed by atoms with Crippen LogP contribution in [0, 0.1) is 6.92 Å². The first-order valence-electron chi connectivity index (χ1n) is 7.11. The third-order valence-electron chi connectivity index (χ3n) is 3.68. The maximum atomic E-state index is 12.8. The van der Waals surface area contributed by atoms with Crippen LogP contribution in [-0.2, 0) is 0 Å². The lowest BCUT2D eigenvalue weighted by Crippen LogP contribution is -2.48. The summed E-state index contributed by atoms with van der Waals surface area (Å²) < 4.78 is 0. The lowest BCUT2D eigenvalue weighted by molar-refractivity contribution is 0.0627. The van der Waals surface area contributed by atoms with E-state index >= 15 is 0 Å². The molecule has 1 aliphatic heterocycles. The van der Waals surface area contributed by atoms with E-state index in [1.54, 1.807) is 12.3 Å². The van der Waals surface area contributed by atoms with Crippen LogP contribution < -0.4 is 5.32 Å². The van der Waals surface area contributed by atoms with E-state index in [-0.39, 0.29) is 36.8 Å². The van der Waals surface area contributed by atoms with Gasteiger partial charge in [0, 0.05) is 37.7 Å². The van der Waals surface area contributed by atoms with Crippen LogP contribution in [0.4, 0.5) is 0 Å². The van der Waals surface area contributed by atoms with Crippen molar-refractivity contribution in [3.63, 3.8) is 0 Å². The number of carbonyl (C=O) groups excluding carboxylic acids is 1. The Morgan fingerprint density at radius 2 is 2.09 bits per heavy atom. The average Bonchev–Trinajstić information content (AvgIpc) is 2.55. The highest BCUT2D eigenvalue weighted by Gasteiger charge is 2.29. The van der Waals surface area contributed by atoms with Crippen LogP contribution in [0.1, 0.15) is 27.8 Å². The fourth-order valence-electron chi connectivity index (χ4n) is 2.63. The van der Waals surface area contributed by atoms with E-state index in [0.717, 1.165) is 24.3 Å². The highest BCUT2D eigenvalue weighted by Crippen LogP contribution is 2.23. The number of rotatable bonds is 2. The largest absolute Gasteiger partial charge is 0.328 e. The maximum Gasteiger partial charge on any atom is 0.273 e. The predicted molar refractivity (Wildman–Crippen MR) is 94.4 cm³/mol. The molecule has 1 N–H and O–H groups in total. The van der Waals surface area contributed by atoms with Crippen molar-refractivity contribution in [2.45, 2.75) is 13.0 Å². The fourth-order valence-corrected chi connectivity index (χ4v) is 2.63. The molecule has 0 radical (unpaired) electrons. The first kappa shape index (κ1) is 19.4. The number of amides is 1. The zero-order valence-corrected chi connectivity index (χ0v) is 14.4. The third-order valence-corrected chi connectivity index (χ3v) is 3.68. The molecule has 1 unspecified atom stereocenters. The summed E-state index contributed by atoms with van der Waals surface area (Å²) in [5, 5.41) is 3.34. The van der Waals surface area contributed by atoms with Gasteiger partial charge in [-0.3, -0.25) is 9.78 Å². The molecule has 3 heterocycles. The van der Waals surface area contributed by atoms with Crippen molar-refractivity contribution >= 4 is 30.7 Å². The van der Waals surface area contributed by atoms with Gasteiger partial charge in [0.25, 0.3) is 5.91 Å². The number of pyridine rings is 2. The van der Waals surface area contributed by atoms with Crippen molar-refractivity contribution in [3.05, 3.63) is 59.7 Å². The van der Waals surface area contributed by atoms with E-state index in [0.29, 0.717) is 12.2 Å². The number of nitrogens with one attached hydrogen (secondary N) is 1. The Morgan fingerprint density at radius 3 is 2.78 bits per heavy atom. The molecule has 124 valence electrons. The molecule has 23 heavy (non-hydrogen) atoms. The summed E-state index contributed by atoms with van der Waals surface area (Å²) in [6, 6.07) is 9.45. The van der Waals surface area contributed by atoms with Crippen molar-refractivity contribution in [1.29, 1.82) is 0 Å². The topological polar surface area (TPSA) is 58.1 Å². The Morgan fingerprint density at radius 1 is 1.26 bits per heavy atom. The van der Waals surface area contributed by atoms with Gasteiger partial charge in [-0.1, -0.05) is 12.1 Å². The summed E-state index contributed by atoms with van der Waals surface area (Å²) in [6.07, 6.45) is 3.57. The number of aryl methyl sites for hydroxylation is 1. The van der Waals surface area contributed by atoms with Crippen molar-refractivity contribution in [2.24, 2.45) is 0 Å². The molecule has 1 saturated heterocycles. The van der Waals surface area contributed by atoms with Gasteiger partial charge < -0.3 is 10.2 Å². The van der Waals surface area contributed by atoms with Crippen molar-refractivity contribution in [3.8, 4) is 0 Å². The minimum Gasteiger partial charge on any atom is -0.328 e.